The molecule has 0 aromatic rings. The minimum absolute atomic E-state index is 0.0219. The van der Waals surface area contributed by atoms with Crippen molar-refractivity contribution in [2.45, 2.75) is 267 Å². The van der Waals surface area contributed by atoms with Crippen LogP contribution in [0.25, 0.3) is 0 Å². The van der Waals surface area contributed by atoms with Gasteiger partial charge in [0, 0.05) is 6.92 Å². The van der Waals surface area contributed by atoms with E-state index >= 15 is 0 Å². The molecule has 4 saturated heterocycles. The van der Waals surface area contributed by atoms with Crippen molar-refractivity contribution in [2.75, 3.05) is 26.4 Å². The van der Waals surface area contributed by atoms with Gasteiger partial charge in [-0.1, -0.05) is 46.3 Å². The monoisotopic (exact) mass is 1160 g/mol. The third-order valence-electron chi connectivity index (χ3n) is 21.4. The van der Waals surface area contributed by atoms with E-state index < -0.39 is 184 Å². The normalized spacial score (nSPS) is 50.6. The first-order valence-electron chi connectivity index (χ1n) is 29.3. The van der Waals surface area contributed by atoms with Crippen LogP contribution < -0.4 is 0 Å². The van der Waals surface area contributed by atoms with Crippen molar-refractivity contribution in [2.24, 2.45) is 45.3 Å². The Morgan fingerprint density at radius 1 is 0.580 bits per heavy atom. The molecule has 0 spiro atoms. The minimum Gasteiger partial charge on any atom is -0.463 e. The molecular formula is C57H96O24. The molecular weight excluding hydrogens is 1070 g/mol. The van der Waals surface area contributed by atoms with Gasteiger partial charge in [-0.25, -0.2) is 0 Å². The van der Waals surface area contributed by atoms with Gasteiger partial charge in [0.2, 0.25) is 0 Å². The predicted molar refractivity (Wildman–Crippen MR) is 280 cm³/mol. The molecule has 24 nitrogen and oxygen atoms in total. The van der Waals surface area contributed by atoms with Crippen LogP contribution in [0.1, 0.15) is 127 Å². The van der Waals surface area contributed by atoms with E-state index in [1.54, 1.807) is 0 Å². The minimum atomic E-state index is -1.85. The van der Waals surface area contributed by atoms with Gasteiger partial charge in [-0.3, -0.25) is 4.79 Å². The Hall–Kier alpha value is -1.67. The summed E-state index contributed by atoms with van der Waals surface area (Å²) in [5, 5.41) is 153. The number of aliphatic hydroxyl groups excluding tert-OH is 14. The summed E-state index contributed by atoms with van der Waals surface area (Å²) >= 11 is 0. The molecule has 4 aliphatic carbocycles. The van der Waals surface area contributed by atoms with Crippen molar-refractivity contribution in [3.63, 3.8) is 0 Å². The lowest BCUT2D eigenvalue weighted by Crippen LogP contribution is -2.68. The number of hydrogen-bond donors (Lipinski definition) is 14. The van der Waals surface area contributed by atoms with E-state index in [9.17, 15) is 76.3 Å². The number of unbranched alkanes of at least 4 members (excludes halogenated alkanes) is 1. The number of ether oxygens (including phenoxy) is 9. The third kappa shape index (κ3) is 12.1. The molecule has 14 N–H and O–H groups in total. The zero-order valence-electron chi connectivity index (χ0n) is 48.3. The van der Waals surface area contributed by atoms with Crippen molar-refractivity contribution in [1.29, 1.82) is 0 Å². The third-order valence-corrected chi connectivity index (χ3v) is 21.4. The van der Waals surface area contributed by atoms with Gasteiger partial charge in [0.25, 0.3) is 0 Å². The molecule has 4 heterocycles. The molecule has 0 bridgehead atoms. The number of carbonyl (C=O) groups is 1. The van der Waals surface area contributed by atoms with Crippen LogP contribution >= 0.6 is 0 Å². The smallest absolute Gasteiger partial charge is 0.302 e. The van der Waals surface area contributed by atoms with Crippen LogP contribution in [0.3, 0.4) is 0 Å². The summed E-state index contributed by atoms with van der Waals surface area (Å²) in [6.45, 7) is 16.0. The van der Waals surface area contributed by atoms with Crippen LogP contribution in [0.2, 0.25) is 0 Å². The number of fused-ring (bicyclic) bond motifs is 5. The molecule has 24 heteroatoms. The van der Waals surface area contributed by atoms with Crippen LogP contribution in [0.15, 0.2) is 11.6 Å². The molecule has 0 radical (unpaired) electrons. The maximum atomic E-state index is 12.9. The molecule has 4 aliphatic heterocycles. The topological polar surface area (TPSA) is 383 Å². The number of rotatable bonds is 18. The van der Waals surface area contributed by atoms with E-state index in [0.29, 0.717) is 38.5 Å². The summed E-state index contributed by atoms with van der Waals surface area (Å²) in [7, 11) is 0. The fraction of sp³-hybridized carbons (Fsp3) is 0.947. The first-order chi connectivity index (χ1) is 37.9. The van der Waals surface area contributed by atoms with Crippen molar-refractivity contribution in [1.82, 2.24) is 0 Å². The van der Waals surface area contributed by atoms with Gasteiger partial charge in [-0.15, -0.1) is 0 Å². The molecule has 0 amide bonds. The van der Waals surface area contributed by atoms with E-state index in [2.05, 4.69) is 40.7 Å². The van der Waals surface area contributed by atoms with E-state index in [1.807, 2.05) is 20.8 Å². The highest BCUT2D eigenvalue weighted by molar-refractivity contribution is 5.65. The Kier molecular flexibility index (Phi) is 20.3. The summed E-state index contributed by atoms with van der Waals surface area (Å²) in [5.41, 5.74) is -1.58. The van der Waals surface area contributed by atoms with Gasteiger partial charge in [-0.2, -0.15) is 0 Å². The maximum absolute atomic E-state index is 12.9. The average Bonchev–Trinajstić information content (AvgIpc) is 3.67. The van der Waals surface area contributed by atoms with E-state index in [1.165, 1.54) is 0 Å². The summed E-state index contributed by atoms with van der Waals surface area (Å²) in [5.74, 6) is -1.19. The van der Waals surface area contributed by atoms with E-state index in [4.69, 9.17) is 42.6 Å². The van der Waals surface area contributed by atoms with Crippen molar-refractivity contribution < 1.29 is 119 Å². The van der Waals surface area contributed by atoms with Gasteiger partial charge in [-0.05, 0) is 130 Å². The van der Waals surface area contributed by atoms with Crippen LogP contribution in [0.4, 0.5) is 0 Å². The Morgan fingerprint density at radius 3 is 1.72 bits per heavy atom. The predicted octanol–water partition coefficient (Wildman–Crippen LogP) is -1.24. The Morgan fingerprint density at radius 2 is 1.11 bits per heavy atom. The van der Waals surface area contributed by atoms with Crippen LogP contribution in [0, 0.1) is 45.3 Å². The molecule has 8 aliphatic rings. The number of aliphatic hydroxyl groups is 14. The molecule has 0 unspecified atom stereocenters. The van der Waals surface area contributed by atoms with E-state index in [0.717, 1.165) is 38.2 Å². The van der Waals surface area contributed by atoms with Crippen molar-refractivity contribution >= 4 is 5.97 Å². The summed E-state index contributed by atoms with van der Waals surface area (Å²) in [6, 6.07) is 0. The number of carbonyl (C=O) groups excluding carboxylic acids is 1. The van der Waals surface area contributed by atoms with Gasteiger partial charge in [0.15, 0.2) is 25.2 Å². The lowest BCUT2D eigenvalue weighted by molar-refractivity contribution is -0.378. The van der Waals surface area contributed by atoms with Gasteiger partial charge in [0.1, 0.15) is 104 Å². The standard InChI is InChI=1S/C57H96O24/c1-25(2)12-10-11-16-57(9,81-51-47(72)43(68)40(65)32(78-51)24-74-49-45(70)41(66)37(62)29(21-58)75-49)27-13-18-56(8)36(27)28(61)20-34-54(6)17-15-35(53(4,5)33(54)14-19-55(34,56)7)79-52-48(44(69)38(63)30(22-59)76-52)80-50-46(71)42(67)39(64)31(77-50)23-73-26(3)60/h12,27-52,58-59,61-72H,10-11,13-24H2,1-9H3/t27-,28+,29+,30+,31+,32+,33-,34+,35-,36+,37+,38+,39+,40+,41-,42-,43-,44-,45+,46+,47+,48+,49+,50-,51-,52-,54-,55+,56+,57-/m0/s1. The van der Waals surface area contributed by atoms with Crippen molar-refractivity contribution in [3.8, 4) is 0 Å². The van der Waals surface area contributed by atoms with Gasteiger partial charge >= 0.3 is 5.97 Å². The zero-order chi connectivity index (χ0) is 59.6. The molecule has 8 rings (SSSR count). The second-order valence-corrected chi connectivity index (χ2v) is 26.7. The van der Waals surface area contributed by atoms with Crippen LogP contribution in [-0.2, 0) is 47.4 Å². The Bertz CT molecular complexity index is 2130. The number of allylic oxidation sites excluding steroid dienone is 2. The van der Waals surface area contributed by atoms with Crippen LogP contribution in [0.5, 0.6) is 0 Å². The fourth-order valence-electron chi connectivity index (χ4n) is 16.6. The lowest BCUT2D eigenvalue weighted by Gasteiger charge is -2.71. The first kappa shape index (κ1) is 65.3. The second kappa shape index (κ2) is 25.2. The molecule has 81 heavy (non-hydrogen) atoms. The van der Waals surface area contributed by atoms with Gasteiger partial charge in [0.05, 0.1) is 37.6 Å². The molecule has 4 saturated carbocycles. The summed E-state index contributed by atoms with van der Waals surface area (Å²) in [6.07, 6.45) is -24.7. The highest BCUT2D eigenvalue weighted by Crippen LogP contribution is 2.76. The number of hydrogen-bond acceptors (Lipinski definition) is 24. The zero-order valence-corrected chi connectivity index (χ0v) is 48.3. The van der Waals surface area contributed by atoms with Crippen LogP contribution in [-0.4, -0.2) is 245 Å². The second-order valence-electron chi connectivity index (χ2n) is 26.7. The molecule has 8 fully saturated rings. The van der Waals surface area contributed by atoms with Gasteiger partial charge < -0.3 is 114 Å². The fourth-order valence-corrected chi connectivity index (χ4v) is 16.6. The van der Waals surface area contributed by atoms with Crippen molar-refractivity contribution in [3.05, 3.63) is 11.6 Å². The van der Waals surface area contributed by atoms with E-state index in [-0.39, 0.29) is 34.5 Å². The first-order valence-corrected chi connectivity index (χ1v) is 29.3. The summed E-state index contributed by atoms with van der Waals surface area (Å²) < 4.78 is 54.3. The molecule has 0 aromatic heterocycles. The average molecular weight is 1170 g/mol. The highest BCUT2D eigenvalue weighted by Gasteiger charge is 2.72. The largest absolute Gasteiger partial charge is 0.463 e. The highest BCUT2D eigenvalue weighted by atomic mass is 16.8. The Balaban J connectivity index is 1.01. The maximum Gasteiger partial charge on any atom is 0.302 e. The SMILES string of the molecule is CC(=O)OC[C@H]1O[C@@H](O[C@H]2[C@H](O[C@H]3CC[C@]4(C)[C@H]5C[C@@H](O)[C@H]6[C@@H]([C@](C)(CCCC=C(C)C)O[C@@H]7O[C@H](CO[C@@H]8O[C@H](CO)[C@@H](O)[C@H](O)[C@H]8O)[C@@H](O)[C@H](O)[C@H]7O)CC[C@@]6(C)[C@]5(C)CC[C@H]4C3(C)C)O[C@H](CO)[C@@H](O)[C@@H]2O)[C@H](O)[C@@H](O)[C@@H]1O. The Labute approximate surface area is 474 Å². The lowest BCUT2D eigenvalue weighted by atomic mass is 9.35. The number of esters is 1. The molecule has 0 aromatic carbocycles. The molecule has 30 atom stereocenters. The quantitative estimate of drug-likeness (QED) is 0.0330. The summed E-state index contributed by atoms with van der Waals surface area (Å²) in [4.78, 5) is 11.6. The molecule has 468 valence electrons.